The first-order valence-electron chi connectivity index (χ1n) is 9.48. The molecular weight excluding hydrogens is 439 g/mol. The van der Waals surface area contributed by atoms with E-state index >= 15 is 0 Å². The summed E-state index contributed by atoms with van der Waals surface area (Å²) in [5, 5.41) is 3.94. The summed E-state index contributed by atoms with van der Waals surface area (Å²) in [7, 11) is 0. The second-order valence-corrected chi connectivity index (χ2v) is 7.68. The van der Waals surface area contributed by atoms with Crippen molar-refractivity contribution in [3.8, 4) is 11.5 Å². The van der Waals surface area contributed by atoms with Gasteiger partial charge in [0.05, 0.1) is 12.2 Å². The minimum absolute atomic E-state index is 0.0574. The van der Waals surface area contributed by atoms with Gasteiger partial charge in [0.2, 0.25) is 0 Å². The molecule has 0 unspecified atom stereocenters. The van der Waals surface area contributed by atoms with Crippen molar-refractivity contribution in [2.75, 3.05) is 23.4 Å². The van der Waals surface area contributed by atoms with E-state index in [1.807, 2.05) is 18.2 Å². The van der Waals surface area contributed by atoms with E-state index in [1.54, 1.807) is 53.4 Å². The summed E-state index contributed by atoms with van der Waals surface area (Å²) in [6, 6.07) is 19.2. The maximum absolute atomic E-state index is 12.5. The number of hydrogen-bond donors (Lipinski definition) is 1. The monoisotopic (exact) mass is 456 g/mol. The maximum atomic E-state index is 12.5. The van der Waals surface area contributed by atoms with Gasteiger partial charge in [0.1, 0.15) is 11.5 Å². The van der Waals surface area contributed by atoms with Crippen molar-refractivity contribution in [1.82, 2.24) is 0 Å². The van der Waals surface area contributed by atoms with E-state index in [-0.39, 0.29) is 25.0 Å². The van der Waals surface area contributed by atoms with E-state index in [4.69, 9.17) is 32.7 Å². The lowest BCUT2D eigenvalue weighted by Gasteiger charge is -2.30. The number of fused-ring (bicyclic) bond motifs is 1. The van der Waals surface area contributed by atoms with Crippen LogP contribution in [0.4, 0.5) is 11.4 Å². The predicted molar refractivity (Wildman–Crippen MR) is 120 cm³/mol. The Labute approximate surface area is 189 Å². The second kappa shape index (κ2) is 9.29. The number of hydrogen-bond acceptors (Lipinski definition) is 4. The predicted octanol–water partition coefficient (Wildman–Crippen LogP) is 4.94. The zero-order valence-corrected chi connectivity index (χ0v) is 17.8. The van der Waals surface area contributed by atoms with Crippen LogP contribution in [0.15, 0.2) is 66.7 Å². The molecule has 3 aromatic carbocycles. The Morgan fingerprint density at radius 2 is 1.84 bits per heavy atom. The third kappa shape index (κ3) is 5.10. The van der Waals surface area contributed by atoms with Crippen molar-refractivity contribution in [1.29, 1.82) is 0 Å². The number of benzene rings is 3. The van der Waals surface area contributed by atoms with Gasteiger partial charge in [0, 0.05) is 15.7 Å². The molecule has 0 aromatic heterocycles. The van der Waals surface area contributed by atoms with Gasteiger partial charge in [-0.25, -0.2) is 0 Å². The summed E-state index contributed by atoms with van der Waals surface area (Å²) in [6.45, 7) is 0.0710. The van der Waals surface area contributed by atoms with Gasteiger partial charge in [-0.1, -0.05) is 41.4 Å². The molecule has 0 fully saturated rings. The smallest absolute Gasteiger partial charge is 0.265 e. The molecule has 0 saturated carbocycles. The number of halogens is 2. The first-order chi connectivity index (χ1) is 15.0. The molecule has 2 amide bonds. The topological polar surface area (TPSA) is 67.9 Å². The average molecular weight is 457 g/mol. The summed E-state index contributed by atoms with van der Waals surface area (Å²) in [6.07, 6.45) is 0. The Morgan fingerprint density at radius 3 is 2.61 bits per heavy atom. The van der Waals surface area contributed by atoms with Crippen LogP contribution in [-0.4, -0.2) is 25.0 Å². The number of rotatable bonds is 6. The Kier molecular flexibility index (Phi) is 6.30. The number of amides is 2. The van der Waals surface area contributed by atoms with E-state index < -0.39 is 0 Å². The highest BCUT2D eigenvalue weighted by atomic mass is 35.5. The Bertz CT molecular complexity index is 1120. The van der Waals surface area contributed by atoms with Gasteiger partial charge < -0.3 is 19.7 Å². The van der Waals surface area contributed by atoms with E-state index in [0.29, 0.717) is 39.5 Å². The standard InChI is InChI=1S/C23H18Cl2N2O4/c24-16-5-8-18(9-6-16)30-13-22(28)26-17-7-10-21-20(11-17)27(23(29)14-31-21)12-15-3-1-2-4-19(15)25/h1-11H,12-14H2,(H,26,28). The molecule has 1 N–H and O–H groups in total. The van der Waals surface area contributed by atoms with Crippen LogP contribution in [0, 0.1) is 0 Å². The van der Waals surface area contributed by atoms with Gasteiger partial charge in [-0.3, -0.25) is 9.59 Å². The molecule has 0 radical (unpaired) electrons. The molecule has 3 aromatic rings. The van der Waals surface area contributed by atoms with E-state index in [0.717, 1.165) is 5.56 Å². The molecule has 158 valence electrons. The fraction of sp³-hybridized carbons (Fsp3) is 0.130. The molecule has 31 heavy (non-hydrogen) atoms. The van der Waals surface area contributed by atoms with Gasteiger partial charge in [-0.15, -0.1) is 0 Å². The van der Waals surface area contributed by atoms with Crippen LogP contribution >= 0.6 is 23.2 Å². The lowest BCUT2D eigenvalue weighted by molar-refractivity contribution is -0.121. The first-order valence-corrected chi connectivity index (χ1v) is 10.2. The number of carbonyl (C=O) groups excluding carboxylic acids is 2. The molecular formula is C23H18Cl2N2O4. The molecule has 1 heterocycles. The molecule has 6 nitrogen and oxygen atoms in total. The largest absolute Gasteiger partial charge is 0.484 e. The number of nitrogens with zero attached hydrogens (tertiary/aromatic N) is 1. The van der Waals surface area contributed by atoms with Gasteiger partial charge in [0.15, 0.2) is 13.2 Å². The number of carbonyl (C=O) groups is 2. The van der Waals surface area contributed by atoms with Crippen molar-refractivity contribution in [2.24, 2.45) is 0 Å². The zero-order valence-electron chi connectivity index (χ0n) is 16.3. The van der Waals surface area contributed by atoms with Crippen molar-refractivity contribution >= 4 is 46.4 Å². The van der Waals surface area contributed by atoms with Crippen LogP contribution in [-0.2, 0) is 16.1 Å². The van der Waals surface area contributed by atoms with Gasteiger partial charge in [-0.05, 0) is 54.1 Å². The average Bonchev–Trinajstić information content (AvgIpc) is 2.77. The highest BCUT2D eigenvalue weighted by molar-refractivity contribution is 6.31. The SMILES string of the molecule is O=C(COc1ccc(Cl)cc1)Nc1ccc2c(c1)N(Cc1ccccc1Cl)C(=O)CO2. The minimum Gasteiger partial charge on any atom is -0.484 e. The number of anilines is 2. The third-order valence-corrected chi connectivity index (χ3v) is 5.28. The van der Waals surface area contributed by atoms with Crippen LogP contribution in [0.1, 0.15) is 5.56 Å². The summed E-state index contributed by atoms with van der Waals surface area (Å²) < 4.78 is 11.0. The molecule has 0 bridgehead atoms. The third-order valence-electron chi connectivity index (χ3n) is 4.66. The molecule has 0 atom stereocenters. The molecule has 0 saturated heterocycles. The Balaban J connectivity index is 1.47. The number of nitrogens with one attached hydrogen (secondary N) is 1. The highest BCUT2D eigenvalue weighted by Gasteiger charge is 2.26. The zero-order chi connectivity index (χ0) is 21.8. The van der Waals surface area contributed by atoms with Gasteiger partial charge >= 0.3 is 0 Å². The van der Waals surface area contributed by atoms with Crippen molar-refractivity contribution < 1.29 is 19.1 Å². The van der Waals surface area contributed by atoms with Gasteiger partial charge in [-0.2, -0.15) is 0 Å². The summed E-state index contributed by atoms with van der Waals surface area (Å²) in [5.41, 5.74) is 1.90. The molecule has 1 aliphatic heterocycles. The van der Waals surface area contributed by atoms with Crippen LogP contribution in [0.5, 0.6) is 11.5 Å². The van der Waals surface area contributed by atoms with Crippen molar-refractivity contribution in [3.63, 3.8) is 0 Å². The fourth-order valence-electron chi connectivity index (χ4n) is 3.13. The maximum Gasteiger partial charge on any atom is 0.265 e. The Hall–Kier alpha value is -3.22. The van der Waals surface area contributed by atoms with E-state index in [9.17, 15) is 9.59 Å². The molecule has 0 aliphatic carbocycles. The molecule has 0 spiro atoms. The lowest BCUT2D eigenvalue weighted by atomic mass is 10.1. The van der Waals surface area contributed by atoms with Crippen LogP contribution in [0.3, 0.4) is 0 Å². The number of ether oxygens (including phenoxy) is 2. The van der Waals surface area contributed by atoms with E-state index in [1.165, 1.54) is 0 Å². The van der Waals surface area contributed by atoms with Crippen LogP contribution in [0.25, 0.3) is 0 Å². The minimum atomic E-state index is -0.337. The summed E-state index contributed by atoms with van der Waals surface area (Å²) in [4.78, 5) is 26.4. The normalized spacial score (nSPS) is 12.7. The highest BCUT2D eigenvalue weighted by Crippen LogP contribution is 2.36. The summed E-state index contributed by atoms with van der Waals surface area (Å²) >= 11 is 12.1. The molecule has 1 aliphatic rings. The van der Waals surface area contributed by atoms with E-state index in [2.05, 4.69) is 5.32 Å². The van der Waals surface area contributed by atoms with Crippen molar-refractivity contribution in [2.45, 2.75) is 6.54 Å². The van der Waals surface area contributed by atoms with Crippen molar-refractivity contribution in [3.05, 3.63) is 82.3 Å². The molecule has 8 heteroatoms. The summed E-state index contributed by atoms with van der Waals surface area (Å²) in [5.74, 6) is 0.564. The quantitative estimate of drug-likeness (QED) is 0.570. The lowest BCUT2D eigenvalue weighted by Crippen LogP contribution is -2.38. The van der Waals surface area contributed by atoms with Crippen LogP contribution in [0.2, 0.25) is 10.0 Å². The second-order valence-electron chi connectivity index (χ2n) is 6.83. The van der Waals surface area contributed by atoms with Crippen LogP contribution < -0.4 is 19.7 Å². The fourth-order valence-corrected chi connectivity index (χ4v) is 3.45. The van der Waals surface area contributed by atoms with Gasteiger partial charge in [0.25, 0.3) is 11.8 Å². The first kappa shape index (κ1) is 21.0. The Morgan fingerprint density at radius 1 is 1.06 bits per heavy atom. The molecule has 4 rings (SSSR count).